The summed E-state index contributed by atoms with van der Waals surface area (Å²) < 4.78 is 0. The minimum absolute atomic E-state index is 0.340. The van der Waals surface area contributed by atoms with E-state index >= 15 is 0 Å². The van der Waals surface area contributed by atoms with Crippen LogP contribution in [0.3, 0.4) is 0 Å². The Morgan fingerprint density at radius 2 is 1.69 bits per heavy atom. The summed E-state index contributed by atoms with van der Waals surface area (Å²) in [7, 11) is 0. The molecule has 0 aliphatic carbocycles. The van der Waals surface area contributed by atoms with Gasteiger partial charge in [0.05, 0.1) is 0 Å². The van der Waals surface area contributed by atoms with Crippen molar-refractivity contribution < 1.29 is 5.11 Å². The highest BCUT2D eigenvalue weighted by atomic mass is 16.3. The molecule has 0 heterocycles. The van der Waals surface area contributed by atoms with Gasteiger partial charge in [0.15, 0.2) is 0 Å². The van der Waals surface area contributed by atoms with Gasteiger partial charge in [-0.2, -0.15) is 0 Å². The smallest absolute Gasteiger partial charge is 0.130 e. The molecule has 0 bridgehead atoms. The Kier molecular flexibility index (Phi) is 3.06. The van der Waals surface area contributed by atoms with Crippen LogP contribution in [-0.2, 0) is 0 Å². The lowest BCUT2D eigenvalue weighted by Crippen LogP contribution is -1.81. The van der Waals surface area contributed by atoms with E-state index < -0.39 is 0 Å². The fraction of sp³-hybridized carbons (Fsp3) is 0.0667. The molecule has 0 saturated heterocycles. The molecule has 2 aromatic rings. The van der Waals surface area contributed by atoms with Gasteiger partial charge in [0.1, 0.15) is 5.75 Å². The number of allylic oxidation sites excluding steroid dienone is 1. The first kappa shape index (κ1) is 10.5. The molecule has 1 heteroatoms. The number of hydrogen-bond donors (Lipinski definition) is 1. The quantitative estimate of drug-likeness (QED) is 0.791. The van der Waals surface area contributed by atoms with Gasteiger partial charge in [-0.05, 0) is 12.5 Å². The molecule has 0 atom stereocenters. The van der Waals surface area contributed by atoms with Crippen LogP contribution in [0.4, 0.5) is 0 Å². The van der Waals surface area contributed by atoms with Gasteiger partial charge in [-0.25, -0.2) is 0 Å². The van der Waals surface area contributed by atoms with Crippen LogP contribution >= 0.6 is 0 Å². The average molecular weight is 210 g/mol. The monoisotopic (exact) mass is 210 g/mol. The molecule has 0 aliphatic rings. The van der Waals surface area contributed by atoms with Crippen molar-refractivity contribution in [3.8, 4) is 16.9 Å². The van der Waals surface area contributed by atoms with Crippen molar-refractivity contribution in [1.82, 2.24) is 0 Å². The Balaban J connectivity index is 2.54. The molecule has 0 saturated carbocycles. The summed E-state index contributed by atoms with van der Waals surface area (Å²) in [6.45, 7) is 1.94. The van der Waals surface area contributed by atoms with Crippen molar-refractivity contribution in [3.63, 3.8) is 0 Å². The summed E-state index contributed by atoms with van der Waals surface area (Å²) in [5, 5.41) is 10.1. The van der Waals surface area contributed by atoms with Gasteiger partial charge in [0.2, 0.25) is 0 Å². The molecule has 0 amide bonds. The van der Waals surface area contributed by atoms with Crippen LogP contribution in [0.15, 0.2) is 54.6 Å². The minimum atomic E-state index is 0.340. The van der Waals surface area contributed by atoms with Gasteiger partial charge in [-0.1, -0.05) is 60.7 Å². The number of hydrogen-bond acceptors (Lipinski definition) is 1. The molecule has 0 aromatic heterocycles. The number of phenolic OH excluding ortho intramolecular Hbond substituents is 1. The molecule has 0 spiro atoms. The molecule has 0 fully saturated rings. The summed E-state index contributed by atoms with van der Waals surface area (Å²) >= 11 is 0. The average Bonchev–Trinajstić information content (AvgIpc) is 2.33. The molecule has 0 aliphatic heterocycles. The molecule has 80 valence electrons. The van der Waals surface area contributed by atoms with E-state index in [0.717, 1.165) is 16.7 Å². The van der Waals surface area contributed by atoms with Gasteiger partial charge in [0.25, 0.3) is 0 Å². The van der Waals surface area contributed by atoms with Crippen LogP contribution in [0.25, 0.3) is 17.2 Å². The standard InChI is InChI=1S/C15H14O/c1-2-7-13-10-6-11-14(15(13)16)12-8-4-3-5-9-12/h2-11,16H,1H3/b7-2+. The van der Waals surface area contributed by atoms with Crippen LogP contribution in [-0.4, -0.2) is 5.11 Å². The van der Waals surface area contributed by atoms with Crippen molar-refractivity contribution >= 4 is 6.08 Å². The third-order valence-corrected chi connectivity index (χ3v) is 2.50. The minimum Gasteiger partial charge on any atom is -0.507 e. The third-order valence-electron chi connectivity index (χ3n) is 2.50. The molecule has 2 aromatic carbocycles. The topological polar surface area (TPSA) is 20.2 Å². The summed E-state index contributed by atoms with van der Waals surface area (Å²) in [6.07, 6.45) is 3.82. The summed E-state index contributed by atoms with van der Waals surface area (Å²) in [5.74, 6) is 0.340. The lowest BCUT2D eigenvalue weighted by Gasteiger charge is -2.07. The highest BCUT2D eigenvalue weighted by molar-refractivity contribution is 5.75. The second-order valence-corrected chi connectivity index (χ2v) is 3.61. The maximum atomic E-state index is 10.1. The van der Waals surface area contributed by atoms with Crippen molar-refractivity contribution in [2.45, 2.75) is 6.92 Å². The second-order valence-electron chi connectivity index (χ2n) is 3.61. The third kappa shape index (κ3) is 1.98. The highest BCUT2D eigenvalue weighted by Crippen LogP contribution is 2.32. The van der Waals surface area contributed by atoms with Gasteiger partial charge in [0, 0.05) is 11.1 Å². The molecule has 0 unspecified atom stereocenters. The predicted octanol–water partition coefficient (Wildman–Crippen LogP) is 4.09. The Morgan fingerprint density at radius 3 is 2.38 bits per heavy atom. The van der Waals surface area contributed by atoms with E-state index in [-0.39, 0.29) is 0 Å². The van der Waals surface area contributed by atoms with E-state index in [0.29, 0.717) is 5.75 Å². The summed E-state index contributed by atoms with van der Waals surface area (Å²) in [6, 6.07) is 15.7. The molecule has 1 N–H and O–H groups in total. The first-order valence-electron chi connectivity index (χ1n) is 5.33. The van der Waals surface area contributed by atoms with Gasteiger partial charge < -0.3 is 5.11 Å². The number of rotatable bonds is 2. The number of aromatic hydroxyl groups is 1. The van der Waals surface area contributed by atoms with Crippen LogP contribution in [0.1, 0.15) is 12.5 Å². The van der Waals surface area contributed by atoms with Crippen LogP contribution in [0, 0.1) is 0 Å². The van der Waals surface area contributed by atoms with Crippen molar-refractivity contribution in [3.05, 3.63) is 60.2 Å². The van der Waals surface area contributed by atoms with Gasteiger partial charge >= 0.3 is 0 Å². The van der Waals surface area contributed by atoms with Crippen molar-refractivity contribution in [2.75, 3.05) is 0 Å². The molecule has 16 heavy (non-hydrogen) atoms. The first-order chi connectivity index (χ1) is 7.83. The fourth-order valence-electron chi connectivity index (χ4n) is 1.73. The zero-order valence-corrected chi connectivity index (χ0v) is 9.22. The fourth-order valence-corrected chi connectivity index (χ4v) is 1.73. The van der Waals surface area contributed by atoms with Crippen molar-refractivity contribution in [1.29, 1.82) is 0 Å². The zero-order valence-electron chi connectivity index (χ0n) is 9.22. The number of para-hydroxylation sites is 1. The molecule has 2 rings (SSSR count). The number of phenols is 1. The van der Waals surface area contributed by atoms with E-state index in [9.17, 15) is 5.11 Å². The second kappa shape index (κ2) is 4.67. The van der Waals surface area contributed by atoms with E-state index in [1.165, 1.54) is 0 Å². The highest BCUT2D eigenvalue weighted by Gasteiger charge is 2.05. The summed E-state index contributed by atoms with van der Waals surface area (Å²) in [4.78, 5) is 0. The Bertz CT molecular complexity index is 498. The van der Waals surface area contributed by atoms with E-state index in [1.807, 2.05) is 67.6 Å². The molecule has 1 nitrogen and oxygen atoms in total. The van der Waals surface area contributed by atoms with Crippen LogP contribution in [0.2, 0.25) is 0 Å². The van der Waals surface area contributed by atoms with Crippen LogP contribution in [0.5, 0.6) is 5.75 Å². The van der Waals surface area contributed by atoms with Crippen molar-refractivity contribution in [2.24, 2.45) is 0 Å². The normalized spacial score (nSPS) is 10.8. The Labute approximate surface area is 95.7 Å². The largest absolute Gasteiger partial charge is 0.507 e. The number of benzene rings is 2. The van der Waals surface area contributed by atoms with Gasteiger partial charge in [-0.3, -0.25) is 0 Å². The Hall–Kier alpha value is -2.02. The molecular formula is C15H14O. The van der Waals surface area contributed by atoms with E-state index in [4.69, 9.17) is 0 Å². The van der Waals surface area contributed by atoms with Gasteiger partial charge in [-0.15, -0.1) is 0 Å². The maximum absolute atomic E-state index is 10.1. The summed E-state index contributed by atoms with van der Waals surface area (Å²) in [5.41, 5.74) is 2.76. The SMILES string of the molecule is C/C=C/c1cccc(-c2ccccc2)c1O. The van der Waals surface area contributed by atoms with Crippen LogP contribution < -0.4 is 0 Å². The lowest BCUT2D eigenvalue weighted by atomic mass is 10.0. The first-order valence-corrected chi connectivity index (χ1v) is 5.33. The molecule has 0 radical (unpaired) electrons. The lowest BCUT2D eigenvalue weighted by molar-refractivity contribution is 0.476. The molecular weight excluding hydrogens is 196 g/mol. The van der Waals surface area contributed by atoms with E-state index in [2.05, 4.69) is 0 Å². The Morgan fingerprint density at radius 1 is 0.938 bits per heavy atom. The van der Waals surface area contributed by atoms with E-state index in [1.54, 1.807) is 0 Å². The maximum Gasteiger partial charge on any atom is 0.130 e. The zero-order chi connectivity index (χ0) is 11.4. The predicted molar refractivity (Wildman–Crippen MR) is 68.3 cm³/mol.